The number of phosphoric ester groups is 1. The molecule has 0 aromatic heterocycles. The highest BCUT2D eigenvalue weighted by molar-refractivity contribution is 7.48. The normalized spacial score (nSPS) is 16.1. The highest BCUT2D eigenvalue weighted by Gasteiger charge is 2.35. The Kier molecular flexibility index (Phi) is 17.8. The zero-order valence-electron chi connectivity index (χ0n) is 24.5. The van der Waals surface area contributed by atoms with Crippen LogP contribution in [0.15, 0.2) is 42.5 Å². The number of phosphoric acid groups is 1. The maximum atomic E-state index is 12.8. The first kappa shape index (κ1) is 34.2. The van der Waals surface area contributed by atoms with Crippen LogP contribution in [0.1, 0.15) is 114 Å². The molecule has 1 amide bonds. The van der Waals surface area contributed by atoms with Gasteiger partial charge in [-0.25, -0.2) is 9.36 Å². The summed E-state index contributed by atoms with van der Waals surface area (Å²) in [6.45, 7) is 4.20. The van der Waals surface area contributed by atoms with Gasteiger partial charge in [0, 0.05) is 6.42 Å². The Labute approximate surface area is 241 Å². The van der Waals surface area contributed by atoms with Crippen molar-refractivity contribution in [1.82, 2.24) is 5.32 Å². The van der Waals surface area contributed by atoms with Crippen molar-refractivity contribution in [2.45, 2.75) is 116 Å². The number of hydrogen-bond donors (Lipinski definition) is 1. The number of carbonyl (C=O) groups is 2. The van der Waals surface area contributed by atoms with Gasteiger partial charge in [-0.05, 0) is 31.6 Å². The lowest BCUT2D eigenvalue weighted by atomic mass is 10.0. The lowest BCUT2D eigenvalue weighted by Crippen LogP contribution is -2.47. The fraction of sp³-hybridized carbons (Fsp3) is 0.677. The van der Waals surface area contributed by atoms with E-state index >= 15 is 0 Å². The van der Waals surface area contributed by atoms with E-state index in [9.17, 15) is 14.2 Å². The minimum absolute atomic E-state index is 0.173. The summed E-state index contributed by atoms with van der Waals surface area (Å²) >= 11 is 0. The van der Waals surface area contributed by atoms with Crippen molar-refractivity contribution in [3.63, 3.8) is 0 Å². The molecule has 1 aliphatic rings. The van der Waals surface area contributed by atoms with Crippen LogP contribution in [-0.2, 0) is 27.7 Å². The number of rotatable bonds is 22. The first-order chi connectivity index (χ1) is 19.5. The van der Waals surface area contributed by atoms with Gasteiger partial charge in [0.15, 0.2) is 0 Å². The molecule has 0 radical (unpaired) electrons. The van der Waals surface area contributed by atoms with Crippen LogP contribution in [0, 0.1) is 0 Å². The third-order valence-corrected chi connectivity index (χ3v) is 8.34. The summed E-state index contributed by atoms with van der Waals surface area (Å²) in [7, 11) is -3.69. The van der Waals surface area contributed by atoms with Crippen LogP contribution in [-0.4, -0.2) is 43.8 Å². The molecule has 0 aliphatic carbocycles. The average molecular weight is 580 g/mol. The van der Waals surface area contributed by atoms with Gasteiger partial charge in [0.2, 0.25) is 5.91 Å². The molecular formula is C31H50NO7P. The van der Waals surface area contributed by atoms with Crippen molar-refractivity contribution in [3.8, 4) is 0 Å². The van der Waals surface area contributed by atoms with E-state index in [0.29, 0.717) is 12.0 Å². The fourth-order valence-electron chi connectivity index (χ4n) is 4.59. The maximum Gasteiger partial charge on any atom is 0.475 e. The van der Waals surface area contributed by atoms with E-state index in [1.165, 1.54) is 64.2 Å². The van der Waals surface area contributed by atoms with Crippen LogP contribution < -0.4 is 5.32 Å². The molecule has 0 bridgehead atoms. The van der Waals surface area contributed by atoms with Crippen molar-refractivity contribution in [2.75, 3.05) is 19.8 Å². The summed E-state index contributed by atoms with van der Waals surface area (Å²) in [6.07, 6.45) is 19.0. The van der Waals surface area contributed by atoms with Gasteiger partial charge in [-0.15, -0.1) is 0 Å². The Morgan fingerprint density at radius 1 is 0.900 bits per heavy atom. The van der Waals surface area contributed by atoms with Crippen LogP contribution in [0.5, 0.6) is 0 Å². The summed E-state index contributed by atoms with van der Waals surface area (Å²) in [5, 5.41) is 2.92. The molecule has 1 saturated heterocycles. The minimum Gasteiger partial charge on any atom is -0.452 e. The second-order valence-electron chi connectivity index (χ2n) is 10.3. The van der Waals surface area contributed by atoms with E-state index in [4.69, 9.17) is 18.3 Å². The fourth-order valence-corrected chi connectivity index (χ4v) is 5.76. The van der Waals surface area contributed by atoms with E-state index in [2.05, 4.69) is 12.2 Å². The summed E-state index contributed by atoms with van der Waals surface area (Å²) in [5.74, 6) is -0.701. The Morgan fingerprint density at radius 2 is 1.45 bits per heavy atom. The Bertz CT molecular complexity index is 898. The van der Waals surface area contributed by atoms with E-state index in [0.717, 1.165) is 19.3 Å². The minimum atomic E-state index is -3.69. The first-order valence-electron chi connectivity index (χ1n) is 15.2. The molecule has 226 valence electrons. The number of amides is 1. The first-order valence-corrected chi connectivity index (χ1v) is 16.7. The van der Waals surface area contributed by atoms with Crippen LogP contribution in [0.25, 0.3) is 0 Å². The Hall–Kier alpha value is -1.99. The Balaban J connectivity index is 1.77. The second-order valence-corrected chi connectivity index (χ2v) is 12.0. The molecule has 2 atom stereocenters. The molecule has 1 aliphatic heterocycles. The van der Waals surface area contributed by atoms with Crippen molar-refractivity contribution in [1.29, 1.82) is 0 Å². The van der Waals surface area contributed by atoms with Crippen LogP contribution in [0.3, 0.4) is 0 Å². The third-order valence-electron chi connectivity index (χ3n) is 6.88. The van der Waals surface area contributed by atoms with Gasteiger partial charge in [-0.3, -0.25) is 18.4 Å². The standard InChI is InChI=1S/C31H50NO7P/c1-3-5-6-7-8-9-10-11-12-13-14-15-19-23-30(33)32-28(26-38-40(35)36-24-25-37-40)29(20-4-2)39-31(34)27-21-17-16-18-22-27/h4,16-18,20-22,28-29H,3,5-15,19,23-26H2,1-2H3,(H,32,33)/b20-4+/t28-,29+/m0/s1. The van der Waals surface area contributed by atoms with Gasteiger partial charge in [0.1, 0.15) is 6.10 Å². The molecule has 1 fully saturated rings. The molecule has 1 heterocycles. The molecular weight excluding hydrogens is 529 g/mol. The SMILES string of the molecule is C/C=C/[C@@H](OC(=O)c1ccccc1)[C@H](COP1(=O)OCCO1)NC(=O)CCCCCCCCCCCCCCC. The summed E-state index contributed by atoms with van der Waals surface area (Å²) in [5.41, 5.74) is 0.394. The summed E-state index contributed by atoms with van der Waals surface area (Å²) < 4.78 is 33.9. The molecule has 0 unspecified atom stereocenters. The molecule has 1 aromatic rings. The largest absolute Gasteiger partial charge is 0.475 e. The van der Waals surface area contributed by atoms with Gasteiger partial charge in [0.05, 0.1) is 31.4 Å². The predicted molar refractivity (Wildman–Crippen MR) is 158 cm³/mol. The van der Waals surface area contributed by atoms with E-state index < -0.39 is 25.9 Å². The second kappa shape index (κ2) is 20.8. The van der Waals surface area contributed by atoms with Crippen molar-refractivity contribution in [2.24, 2.45) is 0 Å². The topological polar surface area (TPSA) is 100 Å². The van der Waals surface area contributed by atoms with Gasteiger partial charge >= 0.3 is 13.8 Å². The molecule has 8 nitrogen and oxygen atoms in total. The van der Waals surface area contributed by atoms with Crippen LogP contribution >= 0.6 is 7.82 Å². The molecule has 2 rings (SSSR count). The van der Waals surface area contributed by atoms with E-state index in [1.807, 2.05) is 6.07 Å². The average Bonchev–Trinajstić information content (AvgIpc) is 3.40. The zero-order valence-corrected chi connectivity index (χ0v) is 25.4. The van der Waals surface area contributed by atoms with Gasteiger partial charge in [0.25, 0.3) is 0 Å². The number of nitrogens with one attached hydrogen (secondary N) is 1. The molecule has 0 spiro atoms. The molecule has 1 aromatic carbocycles. The van der Waals surface area contributed by atoms with Crippen LogP contribution in [0.4, 0.5) is 0 Å². The van der Waals surface area contributed by atoms with Gasteiger partial charge in [-0.1, -0.05) is 108 Å². The zero-order chi connectivity index (χ0) is 28.9. The highest BCUT2D eigenvalue weighted by atomic mass is 31.2. The highest BCUT2D eigenvalue weighted by Crippen LogP contribution is 2.52. The summed E-state index contributed by atoms with van der Waals surface area (Å²) in [6, 6.07) is 7.86. The van der Waals surface area contributed by atoms with E-state index in [-0.39, 0.29) is 25.7 Å². The summed E-state index contributed by atoms with van der Waals surface area (Å²) in [4.78, 5) is 25.6. The van der Waals surface area contributed by atoms with Gasteiger partial charge in [-0.2, -0.15) is 0 Å². The molecule has 0 saturated carbocycles. The predicted octanol–water partition coefficient (Wildman–Crippen LogP) is 7.93. The van der Waals surface area contributed by atoms with Crippen molar-refractivity contribution in [3.05, 3.63) is 48.0 Å². The van der Waals surface area contributed by atoms with Crippen molar-refractivity contribution < 1.29 is 32.5 Å². The lowest BCUT2D eigenvalue weighted by Gasteiger charge is -2.26. The third kappa shape index (κ3) is 14.6. The number of ether oxygens (including phenoxy) is 1. The molecule has 40 heavy (non-hydrogen) atoms. The maximum absolute atomic E-state index is 12.8. The van der Waals surface area contributed by atoms with Gasteiger partial charge < -0.3 is 10.1 Å². The molecule has 1 N–H and O–H groups in total. The monoisotopic (exact) mass is 579 g/mol. The smallest absolute Gasteiger partial charge is 0.452 e. The van der Waals surface area contributed by atoms with Crippen LogP contribution in [0.2, 0.25) is 0 Å². The number of esters is 1. The lowest BCUT2D eigenvalue weighted by molar-refractivity contribution is -0.123. The van der Waals surface area contributed by atoms with E-state index in [1.54, 1.807) is 43.3 Å². The number of allylic oxidation sites excluding steroid dienone is 1. The molecule has 9 heteroatoms. The number of carbonyl (C=O) groups excluding carboxylic acids is 2. The number of hydrogen-bond acceptors (Lipinski definition) is 7. The number of unbranched alkanes of at least 4 members (excludes halogenated alkanes) is 12. The number of benzene rings is 1. The quantitative estimate of drug-likeness (QED) is 0.0644. The van der Waals surface area contributed by atoms with Crippen molar-refractivity contribution >= 4 is 19.7 Å². The Morgan fingerprint density at radius 3 is 2.00 bits per heavy atom.